The Kier molecular flexibility index (Phi) is 3.27. The fourth-order valence-corrected chi connectivity index (χ4v) is 2.07. The molecule has 0 aliphatic carbocycles. The zero-order valence-corrected chi connectivity index (χ0v) is 11.1. The van der Waals surface area contributed by atoms with Crippen LogP contribution in [0.4, 0.5) is 5.95 Å². The van der Waals surface area contributed by atoms with Gasteiger partial charge < -0.3 is 14.8 Å². The molecule has 0 spiro atoms. The second kappa shape index (κ2) is 5.07. The fourth-order valence-electron chi connectivity index (χ4n) is 1.71. The summed E-state index contributed by atoms with van der Waals surface area (Å²) in [6.45, 7) is 0.693. The Morgan fingerprint density at radius 2 is 1.89 bits per heavy atom. The molecule has 0 saturated heterocycles. The SMILES string of the molecule is Clc1nc(Cl)nc(NCc2cccc3c2OCO3)n1. The lowest BCUT2D eigenvalue weighted by molar-refractivity contribution is 0.173. The molecule has 1 aromatic heterocycles. The van der Waals surface area contributed by atoms with Crippen LogP contribution in [0, 0.1) is 0 Å². The van der Waals surface area contributed by atoms with Crippen LogP contribution in [0.2, 0.25) is 10.6 Å². The highest BCUT2D eigenvalue weighted by Crippen LogP contribution is 2.35. The first kappa shape index (κ1) is 12.3. The topological polar surface area (TPSA) is 69.2 Å². The van der Waals surface area contributed by atoms with E-state index >= 15 is 0 Å². The minimum absolute atomic E-state index is 0.0420. The van der Waals surface area contributed by atoms with Crippen LogP contribution in [0.15, 0.2) is 18.2 Å². The quantitative estimate of drug-likeness (QED) is 0.939. The smallest absolute Gasteiger partial charge is 0.231 e. The summed E-state index contributed by atoms with van der Waals surface area (Å²) in [6.07, 6.45) is 0. The van der Waals surface area contributed by atoms with Gasteiger partial charge in [-0.2, -0.15) is 15.0 Å². The summed E-state index contributed by atoms with van der Waals surface area (Å²) in [4.78, 5) is 11.5. The number of hydrogen-bond donors (Lipinski definition) is 1. The van der Waals surface area contributed by atoms with Crippen molar-refractivity contribution in [3.05, 3.63) is 34.3 Å². The second-order valence-electron chi connectivity index (χ2n) is 3.70. The molecule has 1 aliphatic rings. The monoisotopic (exact) mass is 298 g/mol. The first-order chi connectivity index (χ1) is 9.22. The highest BCUT2D eigenvalue weighted by molar-refractivity contribution is 6.31. The van der Waals surface area contributed by atoms with Crippen LogP contribution in [-0.2, 0) is 6.54 Å². The van der Waals surface area contributed by atoms with E-state index in [1.807, 2.05) is 18.2 Å². The Labute approximate surface area is 118 Å². The summed E-state index contributed by atoms with van der Waals surface area (Å²) < 4.78 is 10.7. The van der Waals surface area contributed by atoms with Gasteiger partial charge in [0.15, 0.2) is 11.5 Å². The van der Waals surface area contributed by atoms with E-state index in [-0.39, 0.29) is 17.4 Å². The molecule has 1 aromatic carbocycles. The number of halogens is 2. The third-order valence-electron chi connectivity index (χ3n) is 2.50. The van der Waals surface area contributed by atoms with Crippen molar-refractivity contribution in [3.8, 4) is 11.5 Å². The average Bonchev–Trinajstić information content (AvgIpc) is 2.83. The van der Waals surface area contributed by atoms with Gasteiger partial charge in [-0.3, -0.25) is 0 Å². The van der Waals surface area contributed by atoms with E-state index in [0.717, 1.165) is 17.1 Å². The summed E-state index contributed by atoms with van der Waals surface area (Å²) in [5, 5.41) is 3.09. The number of nitrogens with one attached hydrogen (secondary N) is 1. The number of hydrogen-bond acceptors (Lipinski definition) is 6. The lowest BCUT2D eigenvalue weighted by atomic mass is 10.2. The van der Waals surface area contributed by atoms with Gasteiger partial charge in [0.2, 0.25) is 23.3 Å². The molecular weight excluding hydrogens is 291 g/mol. The van der Waals surface area contributed by atoms with Gasteiger partial charge in [-0.15, -0.1) is 0 Å². The average molecular weight is 299 g/mol. The highest BCUT2D eigenvalue weighted by Gasteiger charge is 2.17. The van der Waals surface area contributed by atoms with Gasteiger partial charge in [0, 0.05) is 12.1 Å². The third kappa shape index (κ3) is 2.64. The van der Waals surface area contributed by atoms with Crippen molar-refractivity contribution in [3.63, 3.8) is 0 Å². The number of fused-ring (bicyclic) bond motifs is 1. The molecule has 8 heteroatoms. The number of rotatable bonds is 3. The predicted octanol–water partition coefficient (Wildman–Crippen LogP) is 2.52. The van der Waals surface area contributed by atoms with Crippen molar-refractivity contribution in [1.82, 2.24) is 15.0 Å². The van der Waals surface area contributed by atoms with Crippen molar-refractivity contribution in [2.75, 3.05) is 12.1 Å². The Hall–Kier alpha value is -1.79. The Morgan fingerprint density at radius 3 is 2.68 bits per heavy atom. The Balaban J connectivity index is 1.78. The number of aromatic nitrogens is 3. The number of nitrogens with zero attached hydrogens (tertiary/aromatic N) is 3. The fraction of sp³-hybridized carbons (Fsp3) is 0.182. The van der Waals surface area contributed by atoms with Crippen LogP contribution in [0.3, 0.4) is 0 Å². The molecule has 0 radical (unpaired) electrons. The van der Waals surface area contributed by atoms with Gasteiger partial charge in [-0.05, 0) is 29.3 Å². The zero-order chi connectivity index (χ0) is 13.2. The number of para-hydroxylation sites is 1. The van der Waals surface area contributed by atoms with Gasteiger partial charge in [0.25, 0.3) is 0 Å². The van der Waals surface area contributed by atoms with E-state index in [2.05, 4.69) is 20.3 Å². The summed E-state index contributed by atoms with van der Waals surface area (Å²) in [5.74, 6) is 1.76. The molecule has 98 valence electrons. The molecule has 0 saturated carbocycles. The summed E-state index contributed by atoms with van der Waals surface area (Å²) >= 11 is 11.4. The minimum atomic E-state index is 0.0420. The Bertz CT molecular complexity index is 603. The minimum Gasteiger partial charge on any atom is -0.454 e. The van der Waals surface area contributed by atoms with E-state index in [9.17, 15) is 0 Å². The van der Waals surface area contributed by atoms with Crippen molar-refractivity contribution in [2.45, 2.75) is 6.54 Å². The lowest BCUT2D eigenvalue weighted by Crippen LogP contribution is -2.05. The number of ether oxygens (including phenoxy) is 2. The van der Waals surface area contributed by atoms with E-state index < -0.39 is 0 Å². The molecule has 2 heterocycles. The Morgan fingerprint density at radius 1 is 1.11 bits per heavy atom. The zero-order valence-electron chi connectivity index (χ0n) is 9.56. The lowest BCUT2D eigenvalue weighted by Gasteiger charge is -2.07. The summed E-state index contributed by atoms with van der Waals surface area (Å²) in [7, 11) is 0. The molecule has 3 rings (SSSR count). The molecule has 2 aromatic rings. The van der Waals surface area contributed by atoms with Gasteiger partial charge in [0.05, 0.1) is 0 Å². The second-order valence-corrected chi connectivity index (χ2v) is 4.38. The van der Waals surface area contributed by atoms with E-state index in [0.29, 0.717) is 12.5 Å². The summed E-state index contributed by atoms with van der Waals surface area (Å²) in [6, 6.07) is 5.66. The van der Waals surface area contributed by atoms with Crippen LogP contribution in [0.25, 0.3) is 0 Å². The molecule has 0 fully saturated rings. The standard InChI is InChI=1S/C11H8Cl2N4O2/c12-9-15-10(13)17-11(16-9)14-4-6-2-1-3-7-8(6)19-5-18-7/h1-3H,4-5H2,(H,14,15,16,17). The van der Waals surface area contributed by atoms with Crippen molar-refractivity contribution in [2.24, 2.45) is 0 Å². The number of benzene rings is 1. The maximum Gasteiger partial charge on any atom is 0.231 e. The van der Waals surface area contributed by atoms with Crippen LogP contribution >= 0.6 is 23.2 Å². The largest absolute Gasteiger partial charge is 0.454 e. The molecular formula is C11H8Cl2N4O2. The molecule has 1 aliphatic heterocycles. The van der Waals surface area contributed by atoms with Crippen LogP contribution < -0.4 is 14.8 Å². The molecule has 0 amide bonds. The third-order valence-corrected chi connectivity index (χ3v) is 2.83. The van der Waals surface area contributed by atoms with Gasteiger partial charge in [0.1, 0.15) is 0 Å². The van der Waals surface area contributed by atoms with Crippen LogP contribution in [0.1, 0.15) is 5.56 Å². The molecule has 1 N–H and O–H groups in total. The van der Waals surface area contributed by atoms with Gasteiger partial charge in [-0.1, -0.05) is 12.1 Å². The number of anilines is 1. The summed E-state index contributed by atoms with van der Waals surface area (Å²) in [5.41, 5.74) is 0.933. The highest BCUT2D eigenvalue weighted by atomic mass is 35.5. The molecule has 0 bridgehead atoms. The molecule has 0 atom stereocenters. The van der Waals surface area contributed by atoms with Gasteiger partial charge >= 0.3 is 0 Å². The van der Waals surface area contributed by atoms with Crippen LogP contribution in [-0.4, -0.2) is 21.7 Å². The van der Waals surface area contributed by atoms with Gasteiger partial charge in [-0.25, -0.2) is 0 Å². The van der Waals surface area contributed by atoms with E-state index in [4.69, 9.17) is 32.7 Å². The first-order valence-corrected chi connectivity index (χ1v) is 6.16. The van der Waals surface area contributed by atoms with Crippen molar-refractivity contribution < 1.29 is 9.47 Å². The van der Waals surface area contributed by atoms with Crippen molar-refractivity contribution in [1.29, 1.82) is 0 Å². The molecule has 19 heavy (non-hydrogen) atoms. The van der Waals surface area contributed by atoms with Crippen LogP contribution in [0.5, 0.6) is 11.5 Å². The first-order valence-electron chi connectivity index (χ1n) is 5.41. The maximum atomic E-state index is 5.69. The molecule has 6 nitrogen and oxygen atoms in total. The predicted molar refractivity (Wildman–Crippen MR) is 69.7 cm³/mol. The normalized spacial score (nSPS) is 12.5. The maximum absolute atomic E-state index is 5.69. The molecule has 0 unspecified atom stereocenters. The van der Waals surface area contributed by atoms with E-state index in [1.54, 1.807) is 0 Å². The van der Waals surface area contributed by atoms with E-state index in [1.165, 1.54) is 0 Å². The van der Waals surface area contributed by atoms with Crippen molar-refractivity contribution >= 4 is 29.2 Å².